The standard InChI is InChI=1S/C11H13N3O/c1-12-9-5-8-7-14(15)4-3-10(8)11(6-9)13-2/h3-7,12-13H,1-2H3. The minimum absolute atomic E-state index is 0.807. The Kier molecular flexibility index (Phi) is 2.33. The smallest absolute Gasteiger partial charge is 0.188 e. The molecule has 0 amide bonds. The van der Waals surface area contributed by atoms with Crippen LogP contribution >= 0.6 is 0 Å². The molecule has 0 radical (unpaired) electrons. The first-order valence-corrected chi connectivity index (χ1v) is 4.76. The number of hydrogen-bond acceptors (Lipinski definition) is 3. The highest BCUT2D eigenvalue weighted by molar-refractivity contribution is 5.95. The Balaban J connectivity index is 2.74. The lowest BCUT2D eigenvalue weighted by Gasteiger charge is -2.09. The van der Waals surface area contributed by atoms with Gasteiger partial charge in [-0.2, -0.15) is 4.73 Å². The van der Waals surface area contributed by atoms with Crippen LogP contribution < -0.4 is 15.4 Å². The molecular formula is C11H13N3O. The van der Waals surface area contributed by atoms with Crippen LogP contribution in [0.3, 0.4) is 0 Å². The van der Waals surface area contributed by atoms with Gasteiger partial charge in [-0.15, -0.1) is 0 Å². The Morgan fingerprint density at radius 2 is 2.00 bits per heavy atom. The van der Waals surface area contributed by atoms with E-state index < -0.39 is 0 Å². The van der Waals surface area contributed by atoms with Crippen LogP contribution in [0, 0.1) is 5.21 Å². The van der Waals surface area contributed by atoms with E-state index in [1.807, 2.05) is 32.3 Å². The first-order chi connectivity index (χ1) is 7.24. The molecule has 4 nitrogen and oxygen atoms in total. The van der Waals surface area contributed by atoms with E-state index in [1.165, 1.54) is 6.20 Å². The van der Waals surface area contributed by atoms with Crippen LogP contribution in [-0.4, -0.2) is 14.1 Å². The average Bonchev–Trinajstić information content (AvgIpc) is 2.26. The van der Waals surface area contributed by atoms with Crippen molar-refractivity contribution in [2.75, 3.05) is 24.7 Å². The van der Waals surface area contributed by atoms with Gasteiger partial charge in [-0.05, 0) is 12.1 Å². The number of hydrogen-bond donors (Lipinski definition) is 2. The fourth-order valence-corrected chi connectivity index (χ4v) is 1.65. The highest BCUT2D eigenvalue weighted by atomic mass is 16.5. The van der Waals surface area contributed by atoms with Gasteiger partial charge < -0.3 is 15.8 Å². The average molecular weight is 203 g/mol. The molecule has 2 aromatic rings. The van der Waals surface area contributed by atoms with Crippen LogP contribution in [0.5, 0.6) is 0 Å². The van der Waals surface area contributed by atoms with Crippen molar-refractivity contribution in [3.8, 4) is 0 Å². The van der Waals surface area contributed by atoms with Gasteiger partial charge in [0.15, 0.2) is 12.4 Å². The van der Waals surface area contributed by atoms with Gasteiger partial charge in [-0.1, -0.05) is 0 Å². The maximum atomic E-state index is 11.2. The van der Waals surface area contributed by atoms with Crippen molar-refractivity contribution >= 4 is 22.1 Å². The highest BCUT2D eigenvalue weighted by Crippen LogP contribution is 2.26. The van der Waals surface area contributed by atoms with Crippen LogP contribution in [0.4, 0.5) is 11.4 Å². The zero-order valence-corrected chi connectivity index (χ0v) is 8.74. The molecule has 0 bridgehead atoms. The third kappa shape index (κ3) is 1.66. The summed E-state index contributed by atoms with van der Waals surface area (Å²) >= 11 is 0. The van der Waals surface area contributed by atoms with Gasteiger partial charge in [0.25, 0.3) is 0 Å². The first kappa shape index (κ1) is 9.58. The molecule has 78 valence electrons. The Labute approximate surface area is 88.1 Å². The Hall–Kier alpha value is -1.97. The second-order valence-corrected chi connectivity index (χ2v) is 3.33. The van der Waals surface area contributed by atoms with Crippen molar-refractivity contribution in [3.05, 3.63) is 35.8 Å². The molecule has 2 rings (SSSR count). The number of anilines is 2. The summed E-state index contributed by atoms with van der Waals surface area (Å²) in [6, 6.07) is 5.77. The van der Waals surface area contributed by atoms with E-state index in [1.54, 1.807) is 6.20 Å². The van der Waals surface area contributed by atoms with E-state index in [0.29, 0.717) is 0 Å². The number of benzene rings is 1. The first-order valence-electron chi connectivity index (χ1n) is 4.76. The molecule has 15 heavy (non-hydrogen) atoms. The Bertz CT molecular complexity index is 496. The maximum Gasteiger partial charge on any atom is 0.188 e. The van der Waals surface area contributed by atoms with Gasteiger partial charge in [-0.3, -0.25) is 0 Å². The van der Waals surface area contributed by atoms with Gasteiger partial charge in [0.2, 0.25) is 0 Å². The number of aromatic nitrogens is 1. The van der Waals surface area contributed by atoms with E-state index in [-0.39, 0.29) is 0 Å². The summed E-state index contributed by atoms with van der Waals surface area (Å²) in [5.74, 6) is 0. The predicted octanol–water partition coefficient (Wildman–Crippen LogP) is 1.56. The monoisotopic (exact) mass is 203 g/mol. The van der Waals surface area contributed by atoms with Crippen molar-refractivity contribution < 1.29 is 4.73 Å². The quantitative estimate of drug-likeness (QED) is 0.575. The summed E-state index contributed by atoms with van der Waals surface area (Å²) in [5.41, 5.74) is 2.00. The predicted molar refractivity (Wildman–Crippen MR) is 62.0 cm³/mol. The molecule has 1 aromatic carbocycles. The van der Waals surface area contributed by atoms with Crippen LogP contribution in [0.1, 0.15) is 0 Å². The maximum absolute atomic E-state index is 11.2. The molecule has 0 aliphatic carbocycles. The molecule has 1 aromatic heterocycles. The van der Waals surface area contributed by atoms with E-state index in [2.05, 4.69) is 10.6 Å². The number of pyridine rings is 1. The number of nitrogens with zero attached hydrogens (tertiary/aromatic N) is 1. The van der Waals surface area contributed by atoms with Crippen molar-refractivity contribution in [1.29, 1.82) is 0 Å². The molecule has 0 spiro atoms. The van der Waals surface area contributed by atoms with Crippen LogP contribution in [0.15, 0.2) is 30.6 Å². The Morgan fingerprint density at radius 3 is 2.67 bits per heavy atom. The summed E-state index contributed by atoms with van der Waals surface area (Å²) in [7, 11) is 3.72. The van der Waals surface area contributed by atoms with Crippen LogP contribution in [0.2, 0.25) is 0 Å². The number of rotatable bonds is 2. The van der Waals surface area contributed by atoms with Crippen LogP contribution in [0.25, 0.3) is 10.8 Å². The van der Waals surface area contributed by atoms with Gasteiger partial charge in [0, 0.05) is 36.9 Å². The largest absolute Gasteiger partial charge is 0.619 e. The van der Waals surface area contributed by atoms with Gasteiger partial charge >= 0.3 is 0 Å². The molecule has 0 fully saturated rings. The minimum Gasteiger partial charge on any atom is -0.619 e. The number of fused-ring (bicyclic) bond motifs is 1. The van der Waals surface area contributed by atoms with Gasteiger partial charge in [0.1, 0.15) is 0 Å². The molecule has 4 heteroatoms. The zero-order chi connectivity index (χ0) is 10.8. The third-order valence-electron chi connectivity index (χ3n) is 2.42. The molecule has 0 saturated heterocycles. The molecule has 1 heterocycles. The summed E-state index contributed by atoms with van der Waals surface area (Å²) in [5, 5.41) is 19.3. The number of nitrogens with one attached hydrogen (secondary N) is 2. The van der Waals surface area contributed by atoms with E-state index in [9.17, 15) is 5.21 Å². The van der Waals surface area contributed by atoms with Crippen molar-refractivity contribution in [2.45, 2.75) is 0 Å². The van der Waals surface area contributed by atoms with Gasteiger partial charge in [0.05, 0.1) is 5.39 Å². The lowest BCUT2D eigenvalue weighted by molar-refractivity contribution is -0.603. The lowest BCUT2D eigenvalue weighted by Crippen LogP contribution is -2.23. The summed E-state index contributed by atoms with van der Waals surface area (Å²) in [6.45, 7) is 0. The highest BCUT2D eigenvalue weighted by Gasteiger charge is 2.04. The second-order valence-electron chi connectivity index (χ2n) is 3.33. The molecule has 0 aliphatic rings. The normalized spacial score (nSPS) is 10.3. The van der Waals surface area contributed by atoms with Crippen molar-refractivity contribution in [1.82, 2.24) is 0 Å². The molecule has 0 saturated carbocycles. The molecule has 2 N–H and O–H groups in total. The third-order valence-corrected chi connectivity index (χ3v) is 2.42. The topological polar surface area (TPSA) is 51.0 Å². The summed E-state index contributed by atoms with van der Waals surface area (Å²) in [4.78, 5) is 0. The van der Waals surface area contributed by atoms with Crippen molar-refractivity contribution in [3.63, 3.8) is 0 Å². The summed E-state index contributed by atoms with van der Waals surface area (Å²) < 4.78 is 0.807. The SMILES string of the molecule is CNc1cc(NC)c2cc[n+]([O-])cc2c1. The van der Waals surface area contributed by atoms with E-state index >= 15 is 0 Å². The van der Waals surface area contributed by atoms with Crippen LogP contribution in [-0.2, 0) is 0 Å². The Morgan fingerprint density at radius 1 is 1.20 bits per heavy atom. The minimum atomic E-state index is 0.807. The van der Waals surface area contributed by atoms with Gasteiger partial charge in [-0.25, -0.2) is 0 Å². The van der Waals surface area contributed by atoms with E-state index in [0.717, 1.165) is 26.9 Å². The molecular weight excluding hydrogens is 190 g/mol. The zero-order valence-electron chi connectivity index (χ0n) is 8.74. The molecule has 0 aliphatic heterocycles. The molecule has 0 atom stereocenters. The fourth-order valence-electron chi connectivity index (χ4n) is 1.65. The molecule has 0 unspecified atom stereocenters. The second kappa shape index (κ2) is 3.65. The lowest BCUT2D eigenvalue weighted by atomic mass is 10.1. The van der Waals surface area contributed by atoms with Crippen molar-refractivity contribution in [2.24, 2.45) is 0 Å². The fraction of sp³-hybridized carbons (Fsp3) is 0.182. The summed E-state index contributed by atoms with van der Waals surface area (Å²) in [6.07, 6.45) is 3.07. The van der Waals surface area contributed by atoms with E-state index in [4.69, 9.17) is 0 Å².